The molecule has 0 saturated carbocycles. The Hall–Kier alpha value is -3.95. The fraction of sp³-hybridized carbons (Fsp3) is 0.211. The van der Waals surface area contributed by atoms with Crippen LogP contribution >= 0.6 is 0 Å². The average molecular weight is 395 g/mol. The third-order valence-corrected chi connectivity index (χ3v) is 4.29. The Morgan fingerprint density at radius 1 is 1.14 bits per heavy atom. The zero-order valence-corrected chi connectivity index (χ0v) is 15.7. The Bertz CT molecular complexity index is 1210. The van der Waals surface area contributed by atoms with Gasteiger partial charge in [0.2, 0.25) is 12.7 Å². The molecular weight excluding hydrogens is 378 g/mol. The van der Waals surface area contributed by atoms with Gasteiger partial charge in [0.05, 0.1) is 6.54 Å². The van der Waals surface area contributed by atoms with Crippen LogP contribution in [-0.2, 0) is 6.54 Å². The summed E-state index contributed by atoms with van der Waals surface area (Å²) in [5.41, 5.74) is 0.411. The van der Waals surface area contributed by atoms with Gasteiger partial charge >= 0.3 is 5.69 Å². The van der Waals surface area contributed by atoms with Crippen molar-refractivity contribution in [2.75, 3.05) is 12.1 Å². The van der Waals surface area contributed by atoms with Crippen molar-refractivity contribution in [2.24, 2.45) is 0 Å². The van der Waals surface area contributed by atoms with Crippen molar-refractivity contribution in [1.82, 2.24) is 19.5 Å². The first kappa shape index (κ1) is 18.4. The Balaban J connectivity index is 1.63. The van der Waals surface area contributed by atoms with Gasteiger partial charge in [-0.25, -0.2) is 14.8 Å². The molecule has 0 radical (unpaired) electrons. The minimum atomic E-state index is -0.728. The van der Waals surface area contributed by atoms with E-state index in [0.29, 0.717) is 28.5 Å². The van der Waals surface area contributed by atoms with Gasteiger partial charge in [0, 0.05) is 17.6 Å². The highest BCUT2D eigenvalue weighted by molar-refractivity contribution is 6.02. The van der Waals surface area contributed by atoms with E-state index in [4.69, 9.17) is 9.47 Å². The molecule has 10 nitrogen and oxygen atoms in total. The lowest BCUT2D eigenvalue weighted by Crippen LogP contribution is -2.39. The summed E-state index contributed by atoms with van der Waals surface area (Å²) in [4.78, 5) is 48.2. The first-order valence-electron chi connectivity index (χ1n) is 8.75. The minimum Gasteiger partial charge on any atom is -0.454 e. The first-order chi connectivity index (χ1) is 13.9. The molecule has 0 atom stereocenters. The van der Waals surface area contributed by atoms with E-state index < -0.39 is 17.2 Å². The van der Waals surface area contributed by atoms with Gasteiger partial charge in [-0.2, -0.15) is 0 Å². The number of carbonyl (C=O) groups is 1. The summed E-state index contributed by atoms with van der Waals surface area (Å²) < 4.78 is 11.5. The number of hydrogen-bond donors (Lipinski definition) is 2. The molecule has 0 bridgehead atoms. The van der Waals surface area contributed by atoms with Gasteiger partial charge in [0.1, 0.15) is 5.56 Å². The molecule has 0 spiro atoms. The number of nitrogens with zero attached hydrogens (tertiary/aromatic N) is 3. The maximum atomic E-state index is 12.8. The van der Waals surface area contributed by atoms with E-state index in [0.717, 1.165) is 10.8 Å². The zero-order chi connectivity index (χ0) is 20.5. The van der Waals surface area contributed by atoms with Gasteiger partial charge in [-0.05, 0) is 37.6 Å². The van der Waals surface area contributed by atoms with Crippen molar-refractivity contribution in [2.45, 2.75) is 20.4 Å². The average Bonchev–Trinajstić information content (AvgIpc) is 3.12. The molecule has 0 aliphatic carbocycles. The number of aromatic nitrogens is 4. The molecule has 2 aromatic heterocycles. The fourth-order valence-corrected chi connectivity index (χ4v) is 2.99. The molecule has 0 fully saturated rings. The predicted molar refractivity (Wildman–Crippen MR) is 102 cm³/mol. The molecule has 29 heavy (non-hydrogen) atoms. The number of benzene rings is 1. The lowest BCUT2D eigenvalue weighted by molar-refractivity contribution is 0.102. The van der Waals surface area contributed by atoms with Crippen LogP contribution in [0.25, 0.3) is 0 Å². The monoisotopic (exact) mass is 395 g/mol. The minimum absolute atomic E-state index is 0.0357. The normalized spacial score (nSPS) is 12.1. The van der Waals surface area contributed by atoms with Crippen LogP contribution in [0.5, 0.6) is 11.5 Å². The van der Waals surface area contributed by atoms with Crippen LogP contribution in [0.1, 0.15) is 27.3 Å². The van der Waals surface area contributed by atoms with Crippen molar-refractivity contribution in [3.05, 3.63) is 73.8 Å². The Labute approximate surface area is 164 Å². The predicted octanol–water partition coefficient (Wildman–Crippen LogP) is 0.973. The molecule has 1 aromatic carbocycles. The molecule has 3 aromatic rings. The SMILES string of the molecule is Cc1cc(C)nc(NC(=O)c2c[nH]c(=O)n(Cc3ccc4c(c3)OCO4)c2=O)n1. The summed E-state index contributed by atoms with van der Waals surface area (Å²) >= 11 is 0. The van der Waals surface area contributed by atoms with Gasteiger partial charge < -0.3 is 14.5 Å². The Kier molecular flexibility index (Phi) is 4.59. The molecule has 10 heteroatoms. The zero-order valence-electron chi connectivity index (χ0n) is 15.7. The number of amides is 1. The topological polar surface area (TPSA) is 128 Å². The first-order valence-corrected chi connectivity index (χ1v) is 8.75. The molecule has 1 aliphatic rings. The van der Waals surface area contributed by atoms with E-state index in [2.05, 4.69) is 20.3 Å². The van der Waals surface area contributed by atoms with Crippen LogP contribution in [-0.4, -0.2) is 32.2 Å². The second kappa shape index (κ2) is 7.23. The quantitative estimate of drug-likeness (QED) is 0.674. The summed E-state index contributed by atoms with van der Waals surface area (Å²) in [5.74, 6) is 0.500. The van der Waals surface area contributed by atoms with Crippen molar-refractivity contribution in [3.63, 3.8) is 0 Å². The number of ether oxygens (including phenoxy) is 2. The van der Waals surface area contributed by atoms with Crippen LogP contribution in [0.2, 0.25) is 0 Å². The number of anilines is 1. The highest BCUT2D eigenvalue weighted by atomic mass is 16.7. The van der Waals surface area contributed by atoms with Crippen LogP contribution in [0.3, 0.4) is 0 Å². The van der Waals surface area contributed by atoms with Gasteiger partial charge in [-0.1, -0.05) is 6.07 Å². The van der Waals surface area contributed by atoms with E-state index in [9.17, 15) is 14.4 Å². The molecule has 1 aliphatic heterocycles. The number of fused-ring (bicyclic) bond motifs is 1. The maximum absolute atomic E-state index is 12.8. The van der Waals surface area contributed by atoms with Gasteiger partial charge in [0.15, 0.2) is 11.5 Å². The summed E-state index contributed by atoms with van der Waals surface area (Å²) in [6.45, 7) is 3.62. The number of nitrogens with one attached hydrogen (secondary N) is 2. The smallest absolute Gasteiger partial charge is 0.328 e. The molecule has 0 unspecified atom stereocenters. The summed E-state index contributed by atoms with van der Waals surface area (Å²) in [6.07, 6.45) is 1.08. The van der Waals surface area contributed by atoms with Crippen LogP contribution in [0.4, 0.5) is 5.95 Å². The molecule has 1 amide bonds. The summed E-state index contributed by atoms with van der Waals surface area (Å²) in [6, 6.07) is 6.86. The number of aromatic amines is 1. The van der Waals surface area contributed by atoms with E-state index in [-0.39, 0.29) is 24.8 Å². The van der Waals surface area contributed by atoms with E-state index in [1.807, 2.05) is 0 Å². The van der Waals surface area contributed by atoms with Crippen molar-refractivity contribution in [1.29, 1.82) is 0 Å². The second-order valence-electron chi connectivity index (χ2n) is 6.51. The number of aryl methyl sites for hydroxylation is 2. The third kappa shape index (κ3) is 3.72. The van der Waals surface area contributed by atoms with Gasteiger partial charge in [-0.15, -0.1) is 0 Å². The highest BCUT2D eigenvalue weighted by Gasteiger charge is 2.18. The van der Waals surface area contributed by atoms with E-state index in [1.54, 1.807) is 38.1 Å². The van der Waals surface area contributed by atoms with Crippen molar-refractivity contribution in [3.8, 4) is 11.5 Å². The summed E-state index contributed by atoms with van der Waals surface area (Å²) in [7, 11) is 0. The molecule has 2 N–H and O–H groups in total. The van der Waals surface area contributed by atoms with E-state index in [1.165, 1.54) is 0 Å². The van der Waals surface area contributed by atoms with Crippen molar-refractivity contribution < 1.29 is 14.3 Å². The lowest BCUT2D eigenvalue weighted by atomic mass is 10.2. The third-order valence-electron chi connectivity index (χ3n) is 4.29. The number of hydrogen-bond acceptors (Lipinski definition) is 7. The second-order valence-corrected chi connectivity index (χ2v) is 6.51. The van der Waals surface area contributed by atoms with Crippen LogP contribution < -0.4 is 26.0 Å². The number of rotatable bonds is 4. The fourth-order valence-electron chi connectivity index (χ4n) is 2.99. The molecular formula is C19H17N5O5. The molecule has 0 saturated heterocycles. The lowest BCUT2D eigenvalue weighted by Gasteiger charge is -2.09. The Morgan fingerprint density at radius 2 is 1.86 bits per heavy atom. The molecule has 3 heterocycles. The number of H-pyrrole nitrogens is 1. The van der Waals surface area contributed by atoms with Gasteiger partial charge in [0.25, 0.3) is 11.5 Å². The standard InChI is InChI=1S/C19H17N5O5/c1-10-5-11(2)22-18(21-10)23-16(25)13-7-20-19(27)24(17(13)26)8-12-3-4-14-15(6-12)29-9-28-14/h3-7H,8-9H2,1-2H3,(H,20,27)(H,21,22,23,25). The number of carbonyl (C=O) groups excluding carboxylic acids is 1. The maximum Gasteiger partial charge on any atom is 0.328 e. The molecule has 4 rings (SSSR count). The summed E-state index contributed by atoms with van der Waals surface area (Å²) in [5, 5.41) is 2.49. The Morgan fingerprint density at radius 3 is 2.62 bits per heavy atom. The largest absolute Gasteiger partial charge is 0.454 e. The molecule has 148 valence electrons. The highest BCUT2D eigenvalue weighted by Crippen LogP contribution is 2.32. The van der Waals surface area contributed by atoms with Crippen LogP contribution in [0, 0.1) is 13.8 Å². The van der Waals surface area contributed by atoms with Crippen LogP contribution in [0.15, 0.2) is 40.1 Å². The van der Waals surface area contributed by atoms with Crippen molar-refractivity contribution >= 4 is 11.9 Å². The van der Waals surface area contributed by atoms with Gasteiger partial charge in [-0.3, -0.25) is 19.5 Å². The van der Waals surface area contributed by atoms with E-state index >= 15 is 0 Å².